The number of carbonyl (C=O) groups is 2. The van der Waals surface area contributed by atoms with Gasteiger partial charge in [0.1, 0.15) is 11.6 Å². The molecule has 0 radical (unpaired) electrons. The Kier molecular flexibility index (Phi) is 4.68. The van der Waals surface area contributed by atoms with Gasteiger partial charge in [-0.05, 0) is 59.4 Å². The zero-order valence-electron chi connectivity index (χ0n) is 12.8. The van der Waals surface area contributed by atoms with Crippen molar-refractivity contribution in [1.29, 1.82) is 0 Å². The standard InChI is InChI=1S/C15H26N2O3/c1-15(2,3)20-14(19)12-8-6-10-17(12)11-7-4-5-9-16-13(11)18/h11-12H,4-10H2,1-3H3,(H,16,18)/t11?,12-/m1/s1. The Bertz CT molecular complexity index is 376. The molecule has 0 aromatic heterocycles. The second-order valence-electron chi connectivity index (χ2n) is 6.73. The summed E-state index contributed by atoms with van der Waals surface area (Å²) in [5.41, 5.74) is -0.475. The van der Waals surface area contributed by atoms with Gasteiger partial charge in [0.2, 0.25) is 5.91 Å². The van der Waals surface area contributed by atoms with Gasteiger partial charge >= 0.3 is 5.97 Å². The lowest BCUT2D eigenvalue weighted by Crippen LogP contribution is -2.51. The van der Waals surface area contributed by atoms with Crippen molar-refractivity contribution in [3.8, 4) is 0 Å². The molecule has 0 bridgehead atoms. The molecule has 114 valence electrons. The van der Waals surface area contributed by atoms with E-state index in [1.807, 2.05) is 20.8 Å². The van der Waals surface area contributed by atoms with Crippen LogP contribution in [-0.2, 0) is 14.3 Å². The second-order valence-corrected chi connectivity index (χ2v) is 6.73. The van der Waals surface area contributed by atoms with Crippen LogP contribution in [0.15, 0.2) is 0 Å². The summed E-state index contributed by atoms with van der Waals surface area (Å²) >= 11 is 0. The highest BCUT2D eigenvalue weighted by Gasteiger charge is 2.40. The number of amides is 1. The first-order valence-electron chi connectivity index (χ1n) is 7.65. The van der Waals surface area contributed by atoms with Gasteiger partial charge in [0.15, 0.2) is 0 Å². The van der Waals surface area contributed by atoms with Crippen molar-refractivity contribution in [3.05, 3.63) is 0 Å². The molecular weight excluding hydrogens is 256 g/mol. The first-order valence-corrected chi connectivity index (χ1v) is 7.65. The van der Waals surface area contributed by atoms with Crippen LogP contribution < -0.4 is 5.32 Å². The van der Waals surface area contributed by atoms with E-state index in [0.29, 0.717) is 0 Å². The van der Waals surface area contributed by atoms with Crippen molar-refractivity contribution in [2.45, 2.75) is 70.6 Å². The Morgan fingerprint density at radius 1 is 1.25 bits per heavy atom. The second kappa shape index (κ2) is 6.12. The molecule has 0 spiro atoms. The molecule has 2 aliphatic heterocycles. The van der Waals surface area contributed by atoms with Crippen molar-refractivity contribution in [3.63, 3.8) is 0 Å². The highest BCUT2D eigenvalue weighted by Crippen LogP contribution is 2.26. The fourth-order valence-electron chi connectivity index (χ4n) is 3.02. The Morgan fingerprint density at radius 2 is 2.00 bits per heavy atom. The van der Waals surface area contributed by atoms with Crippen LogP contribution >= 0.6 is 0 Å². The Hall–Kier alpha value is -1.10. The van der Waals surface area contributed by atoms with Gasteiger partial charge in [-0.1, -0.05) is 0 Å². The Morgan fingerprint density at radius 3 is 2.70 bits per heavy atom. The molecule has 2 atom stereocenters. The molecule has 0 aliphatic carbocycles. The van der Waals surface area contributed by atoms with Crippen LogP contribution in [-0.4, -0.2) is 47.6 Å². The van der Waals surface area contributed by atoms with E-state index in [1.54, 1.807) is 0 Å². The number of esters is 1. The third-order valence-electron chi connectivity index (χ3n) is 3.88. The lowest BCUT2D eigenvalue weighted by molar-refractivity contribution is -0.161. The van der Waals surface area contributed by atoms with Crippen molar-refractivity contribution >= 4 is 11.9 Å². The van der Waals surface area contributed by atoms with Gasteiger partial charge in [0.05, 0.1) is 6.04 Å². The zero-order valence-corrected chi connectivity index (χ0v) is 12.8. The third kappa shape index (κ3) is 3.72. The molecular formula is C15H26N2O3. The van der Waals surface area contributed by atoms with Gasteiger partial charge in [0.25, 0.3) is 0 Å². The van der Waals surface area contributed by atoms with Gasteiger partial charge < -0.3 is 10.1 Å². The number of carbonyl (C=O) groups excluding carboxylic acids is 2. The lowest BCUT2D eigenvalue weighted by atomic mass is 10.1. The highest BCUT2D eigenvalue weighted by atomic mass is 16.6. The molecule has 2 heterocycles. The van der Waals surface area contributed by atoms with Gasteiger partial charge in [-0.15, -0.1) is 0 Å². The van der Waals surface area contributed by atoms with E-state index in [-0.39, 0.29) is 24.0 Å². The van der Waals surface area contributed by atoms with Gasteiger partial charge in [-0.2, -0.15) is 0 Å². The lowest BCUT2D eigenvalue weighted by Gasteiger charge is -2.31. The van der Waals surface area contributed by atoms with Crippen molar-refractivity contribution in [2.75, 3.05) is 13.1 Å². The maximum atomic E-state index is 12.3. The van der Waals surface area contributed by atoms with Crippen LogP contribution in [0.25, 0.3) is 0 Å². The number of nitrogens with one attached hydrogen (secondary N) is 1. The Balaban J connectivity index is 2.06. The fraction of sp³-hybridized carbons (Fsp3) is 0.867. The summed E-state index contributed by atoms with van der Waals surface area (Å²) < 4.78 is 5.50. The minimum absolute atomic E-state index is 0.0676. The van der Waals surface area contributed by atoms with E-state index in [1.165, 1.54) is 0 Å². The van der Waals surface area contributed by atoms with Crippen LogP contribution in [0, 0.1) is 0 Å². The third-order valence-corrected chi connectivity index (χ3v) is 3.88. The summed E-state index contributed by atoms with van der Waals surface area (Å²) in [6.45, 7) is 7.19. The van der Waals surface area contributed by atoms with Crippen molar-refractivity contribution in [1.82, 2.24) is 10.2 Å². The summed E-state index contributed by atoms with van der Waals surface area (Å²) in [4.78, 5) is 26.5. The summed E-state index contributed by atoms with van der Waals surface area (Å²) in [6.07, 6.45) is 4.63. The molecule has 1 N–H and O–H groups in total. The minimum atomic E-state index is -0.475. The van der Waals surface area contributed by atoms with Gasteiger partial charge in [-0.3, -0.25) is 14.5 Å². The van der Waals surface area contributed by atoms with Crippen LogP contribution in [0.4, 0.5) is 0 Å². The predicted octanol–water partition coefficient (Wildman–Crippen LogP) is 1.46. The smallest absolute Gasteiger partial charge is 0.323 e. The highest BCUT2D eigenvalue weighted by molar-refractivity contribution is 5.84. The molecule has 0 aromatic rings. The van der Waals surface area contributed by atoms with E-state index in [2.05, 4.69) is 10.2 Å². The summed E-state index contributed by atoms with van der Waals surface area (Å²) in [6, 6.07) is -0.430. The largest absolute Gasteiger partial charge is 0.459 e. The minimum Gasteiger partial charge on any atom is -0.459 e. The Labute approximate surface area is 121 Å². The van der Waals surface area contributed by atoms with Crippen LogP contribution in [0.5, 0.6) is 0 Å². The molecule has 2 saturated heterocycles. The number of nitrogens with zero attached hydrogens (tertiary/aromatic N) is 1. The molecule has 2 aliphatic rings. The molecule has 0 saturated carbocycles. The molecule has 0 aromatic carbocycles. The quantitative estimate of drug-likeness (QED) is 0.779. The van der Waals surface area contributed by atoms with E-state index < -0.39 is 5.60 Å². The summed E-state index contributed by atoms with van der Waals surface area (Å²) in [5.74, 6) is -0.120. The van der Waals surface area contributed by atoms with Crippen molar-refractivity contribution in [2.24, 2.45) is 0 Å². The average Bonchev–Trinajstić information content (AvgIpc) is 2.71. The van der Waals surface area contributed by atoms with Crippen molar-refractivity contribution < 1.29 is 14.3 Å². The zero-order chi connectivity index (χ0) is 14.8. The molecule has 5 heteroatoms. The normalized spacial score (nSPS) is 28.9. The van der Waals surface area contributed by atoms with E-state index in [9.17, 15) is 9.59 Å². The maximum Gasteiger partial charge on any atom is 0.323 e. The van der Waals surface area contributed by atoms with Gasteiger partial charge in [0, 0.05) is 6.54 Å². The molecule has 1 amide bonds. The average molecular weight is 282 g/mol. The van der Waals surface area contributed by atoms with E-state index in [4.69, 9.17) is 4.74 Å². The number of hydrogen-bond donors (Lipinski definition) is 1. The summed E-state index contributed by atoms with van der Waals surface area (Å²) in [5, 5.41) is 2.95. The number of likely N-dealkylation sites (tertiary alicyclic amines) is 1. The van der Waals surface area contributed by atoms with Crippen LogP contribution in [0.1, 0.15) is 52.9 Å². The number of hydrogen-bond acceptors (Lipinski definition) is 4. The topological polar surface area (TPSA) is 58.6 Å². The SMILES string of the molecule is CC(C)(C)OC(=O)[C@H]1CCCN1C1CCCCNC1=O. The first kappa shape index (κ1) is 15.3. The fourth-order valence-corrected chi connectivity index (χ4v) is 3.02. The maximum absolute atomic E-state index is 12.3. The van der Waals surface area contributed by atoms with Crippen LogP contribution in [0.3, 0.4) is 0 Å². The molecule has 2 fully saturated rings. The van der Waals surface area contributed by atoms with E-state index in [0.717, 1.165) is 45.2 Å². The van der Waals surface area contributed by atoms with E-state index >= 15 is 0 Å². The molecule has 1 unspecified atom stereocenters. The molecule has 20 heavy (non-hydrogen) atoms. The number of rotatable bonds is 2. The summed E-state index contributed by atoms with van der Waals surface area (Å²) in [7, 11) is 0. The molecule has 5 nitrogen and oxygen atoms in total. The predicted molar refractivity (Wildman–Crippen MR) is 76.2 cm³/mol. The first-order chi connectivity index (χ1) is 9.38. The van der Waals surface area contributed by atoms with Gasteiger partial charge in [-0.25, -0.2) is 0 Å². The van der Waals surface area contributed by atoms with Crippen LogP contribution in [0.2, 0.25) is 0 Å². The molecule has 2 rings (SSSR count). The number of ether oxygens (including phenoxy) is 1. The monoisotopic (exact) mass is 282 g/mol.